The van der Waals surface area contributed by atoms with Gasteiger partial charge in [0.15, 0.2) is 11.5 Å². The molecule has 3 atom stereocenters. The van der Waals surface area contributed by atoms with Crippen LogP contribution in [-0.2, 0) is 10.8 Å². The minimum absolute atomic E-state index is 0.0221. The number of fused-ring (bicyclic) bond motifs is 2. The predicted molar refractivity (Wildman–Crippen MR) is 69.5 cm³/mol. The Morgan fingerprint density at radius 3 is 2.67 bits per heavy atom. The Hall–Kier alpha value is -1.07. The van der Waals surface area contributed by atoms with Crippen molar-refractivity contribution in [2.45, 2.75) is 36.0 Å². The van der Waals surface area contributed by atoms with Gasteiger partial charge in [-0.15, -0.1) is 0 Å². The molecule has 1 aromatic rings. The summed E-state index contributed by atoms with van der Waals surface area (Å²) < 4.78 is 23.5. The molecule has 1 aromatic carbocycles. The third-order valence-electron chi connectivity index (χ3n) is 3.50. The summed E-state index contributed by atoms with van der Waals surface area (Å²) in [5.41, 5.74) is 7.17. The van der Waals surface area contributed by atoms with Gasteiger partial charge in [-0.1, -0.05) is 13.3 Å². The van der Waals surface area contributed by atoms with E-state index in [1.807, 2.05) is 12.1 Å². The standard InChI is InChI=1S/C13H17NO3S/c1-2-3-11-13(14)8-6-9-10(17-5-4-16-9)7-12(8)18(11)15/h6-7,11,13H,2-5,14H2,1H3. The molecule has 2 heterocycles. The minimum Gasteiger partial charge on any atom is -0.486 e. The molecule has 0 bridgehead atoms. The van der Waals surface area contributed by atoms with Crippen LogP contribution >= 0.6 is 0 Å². The van der Waals surface area contributed by atoms with E-state index in [9.17, 15) is 4.21 Å². The summed E-state index contributed by atoms with van der Waals surface area (Å²) in [5, 5.41) is 0.0221. The van der Waals surface area contributed by atoms with Crippen molar-refractivity contribution < 1.29 is 13.7 Å². The molecule has 4 nitrogen and oxygen atoms in total. The van der Waals surface area contributed by atoms with Gasteiger partial charge in [0.25, 0.3) is 0 Å². The molecule has 2 N–H and O–H groups in total. The maximum atomic E-state index is 12.4. The van der Waals surface area contributed by atoms with E-state index in [1.54, 1.807) is 0 Å². The minimum atomic E-state index is -1.02. The second-order valence-corrected chi connectivity index (χ2v) is 6.32. The lowest BCUT2D eigenvalue weighted by Gasteiger charge is -2.19. The molecular formula is C13H17NO3S. The van der Waals surface area contributed by atoms with Crippen LogP contribution in [0.15, 0.2) is 17.0 Å². The topological polar surface area (TPSA) is 61.6 Å². The highest BCUT2D eigenvalue weighted by Crippen LogP contribution is 2.43. The van der Waals surface area contributed by atoms with E-state index >= 15 is 0 Å². The summed E-state index contributed by atoms with van der Waals surface area (Å²) >= 11 is 0. The Bertz CT molecular complexity index is 503. The molecule has 98 valence electrons. The van der Waals surface area contributed by atoms with Crippen molar-refractivity contribution in [2.75, 3.05) is 13.2 Å². The number of benzene rings is 1. The SMILES string of the molecule is CCCC1C(N)c2cc3c(cc2S1=O)OCCO3. The van der Waals surface area contributed by atoms with Crippen LogP contribution < -0.4 is 15.2 Å². The van der Waals surface area contributed by atoms with Gasteiger partial charge in [-0.05, 0) is 18.1 Å². The molecule has 3 rings (SSSR count). The quantitative estimate of drug-likeness (QED) is 0.886. The Kier molecular flexibility index (Phi) is 3.03. The van der Waals surface area contributed by atoms with E-state index in [0.717, 1.165) is 29.1 Å². The first-order chi connectivity index (χ1) is 8.72. The van der Waals surface area contributed by atoms with Gasteiger partial charge in [-0.25, -0.2) is 0 Å². The first kappa shape index (κ1) is 12.0. The van der Waals surface area contributed by atoms with Crippen LogP contribution in [0.2, 0.25) is 0 Å². The summed E-state index contributed by atoms with van der Waals surface area (Å²) in [6.07, 6.45) is 1.87. The van der Waals surface area contributed by atoms with Gasteiger partial charge in [0.05, 0.1) is 16.0 Å². The first-order valence-electron chi connectivity index (χ1n) is 6.32. The number of rotatable bonds is 2. The zero-order chi connectivity index (χ0) is 12.7. The maximum Gasteiger partial charge on any atom is 0.162 e. The van der Waals surface area contributed by atoms with E-state index in [1.165, 1.54) is 0 Å². The Morgan fingerprint density at radius 1 is 1.33 bits per heavy atom. The van der Waals surface area contributed by atoms with E-state index in [0.29, 0.717) is 19.0 Å². The average molecular weight is 267 g/mol. The molecule has 0 aliphatic carbocycles. The number of ether oxygens (including phenoxy) is 2. The average Bonchev–Trinajstić information content (AvgIpc) is 2.62. The molecule has 0 fully saturated rings. The van der Waals surface area contributed by atoms with Gasteiger partial charge in [-0.2, -0.15) is 0 Å². The molecule has 0 saturated heterocycles. The molecule has 2 aliphatic rings. The van der Waals surface area contributed by atoms with Crippen LogP contribution in [0.3, 0.4) is 0 Å². The molecule has 18 heavy (non-hydrogen) atoms. The summed E-state index contributed by atoms with van der Waals surface area (Å²) in [7, 11) is -1.02. The molecule has 0 amide bonds. The lowest BCUT2D eigenvalue weighted by Crippen LogP contribution is -2.23. The van der Waals surface area contributed by atoms with Crippen LogP contribution in [0.25, 0.3) is 0 Å². The summed E-state index contributed by atoms with van der Waals surface area (Å²) in [5.74, 6) is 1.42. The highest BCUT2D eigenvalue weighted by Gasteiger charge is 2.37. The molecule has 0 spiro atoms. The monoisotopic (exact) mass is 267 g/mol. The van der Waals surface area contributed by atoms with E-state index in [2.05, 4.69) is 6.92 Å². The van der Waals surface area contributed by atoms with Gasteiger partial charge in [0.2, 0.25) is 0 Å². The third-order valence-corrected chi connectivity index (χ3v) is 5.37. The van der Waals surface area contributed by atoms with Crippen molar-refractivity contribution in [3.63, 3.8) is 0 Å². The van der Waals surface area contributed by atoms with E-state index in [-0.39, 0.29) is 11.3 Å². The van der Waals surface area contributed by atoms with Crippen molar-refractivity contribution in [3.05, 3.63) is 17.7 Å². The molecule has 5 heteroatoms. The van der Waals surface area contributed by atoms with Gasteiger partial charge in [0, 0.05) is 17.0 Å². The van der Waals surface area contributed by atoms with Gasteiger partial charge in [0.1, 0.15) is 13.2 Å². The Morgan fingerprint density at radius 2 is 2.00 bits per heavy atom. The van der Waals surface area contributed by atoms with Crippen molar-refractivity contribution in [2.24, 2.45) is 5.73 Å². The molecule has 2 aliphatic heterocycles. The fraction of sp³-hybridized carbons (Fsp3) is 0.538. The highest BCUT2D eigenvalue weighted by molar-refractivity contribution is 7.86. The number of hydrogen-bond donors (Lipinski definition) is 1. The van der Waals surface area contributed by atoms with Gasteiger partial charge >= 0.3 is 0 Å². The third kappa shape index (κ3) is 1.73. The fourth-order valence-electron chi connectivity index (χ4n) is 2.59. The lowest BCUT2D eigenvalue weighted by atomic mass is 10.0. The summed E-state index contributed by atoms with van der Waals surface area (Å²) in [4.78, 5) is 0.824. The Balaban J connectivity index is 2.04. The lowest BCUT2D eigenvalue weighted by molar-refractivity contribution is 0.171. The van der Waals surface area contributed by atoms with Crippen LogP contribution in [0, 0.1) is 0 Å². The van der Waals surface area contributed by atoms with Crippen LogP contribution in [-0.4, -0.2) is 22.7 Å². The largest absolute Gasteiger partial charge is 0.486 e. The number of hydrogen-bond acceptors (Lipinski definition) is 4. The van der Waals surface area contributed by atoms with Crippen molar-refractivity contribution in [1.82, 2.24) is 0 Å². The molecule has 0 aromatic heterocycles. The zero-order valence-electron chi connectivity index (χ0n) is 10.3. The maximum absolute atomic E-state index is 12.4. The summed E-state index contributed by atoms with van der Waals surface area (Å²) in [6.45, 7) is 3.19. The molecule has 3 unspecified atom stereocenters. The normalized spacial score (nSPS) is 29.1. The van der Waals surface area contributed by atoms with Crippen LogP contribution in [0.5, 0.6) is 11.5 Å². The fourth-order valence-corrected chi connectivity index (χ4v) is 4.43. The smallest absolute Gasteiger partial charge is 0.162 e. The van der Waals surface area contributed by atoms with Gasteiger partial charge < -0.3 is 15.2 Å². The molecule has 0 radical (unpaired) electrons. The summed E-state index contributed by atoms with van der Waals surface area (Å²) in [6, 6.07) is 3.59. The predicted octanol–water partition coefficient (Wildman–Crippen LogP) is 1.75. The zero-order valence-corrected chi connectivity index (χ0v) is 11.2. The highest BCUT2D eigenvalue weighted by atomic mass is 32.2. The van der Waals surface area contributed by atoms with E-state index in [4.69, 9.17) is 15.2 Å². The first-order valence-corrected chi connectivity index (χ1v) is 7.53. The van der Waals surface area contributed by atoms with E-state index < -0.39 is 10.8 Å². The van der Waals surface area contributed by atoms with Crippen molar-refractivity contribution in [1.29, 1.82) is 0 Å². The second-order valence-electron chi connectivity index (χ2n) is 4.68. The molecular weight excluding hydrogens is 250 g/mol. The van der Waals surface area contributed by atoms with Crippen molar-refractivity contribution >= 4 is 10.8 Å². The number of nitrogens with two attached hydrogens (primary N) is 1. The Labute approximate surface area is 109 Å². The van der Waals surface area contributed by atoms with Gasteiger partial charge in [-0.3, -0.25) is 4.21 Å². The van der Waals surface area contributed by atoms with Crippen LogP contribution in [0.4, 0.5) is 0 Å². The van der Waals surface area contributed by atoms with Crippen LogP contribution in [0.1, 0.15) is 31.4 Å². The molecule has 0 saturated carbocycles. The second kappa shape index (κ2) is 4.55. The van der Waals surface area contributed by atoms with Crippen molar-refractivity contribution in [3.8, 4) is 11.5 Å².